The van der Waals surface area contributed by atoms with Gasteiger partial charge in [-0.25, -0.2) is 9.97 Å². The Morgan fingerprint density at radius 3 is 2.70 bits per heavy atom. The van der Waals surface area contributed by atoms with Crippen LogP contribution in [0.5, 0.6) is 11.6 Å². The summed E-state index contributed by atoms with van der Waals surface area (Å²) in [5.74, 6) is 1.13. The van der Waals surface area contributed by atoms with E-state index in [1.807, 2.05) is 43.3 Å². The highest BCUT2D eigenvalue weighted by Crippen LogP contribution is 2.30. The quantitative estimate of drug-likeness (QED) is 0.315. The van der Waals surface area contributed by atoms with E-state index >= 15 is 0 Å². The van der Waals surface area contributed by atoms with Gasteiger partial charge in [0.15, 0.2) is 11.6 Å². The molecule has 0 saturated carbocycles. The van der Waals surface area contributed by atoms with E-state index < -0.39 is 11.4 Å². The molecule has 4 heterocycles. The monoisotopic (exact) mass is 602 g/mol. The van der Waals surface area contributed by atoms with Crippen LogP contribution in [-0.2, 0) is 16.0 Å². The van der Waals surface area contributed by atoms with Crippen LogP contribution in [-0.4, -0.2) is 70.8 Å². The van der Waals surface area contributed by atoms with Crippen LogP contribution in [0.2, 0.25) is 0 Å². The number of piperidine rings is 2. The van der Waals surface area contributed by atoms with Crippen molar-refractivity contribution in [3.05, 3.63) is 60.6 Å². The van der Waals surface area contributed by atoms with Crippen molar-refractivity contribution in [1.29, 1.82) is 0 Å². The number of rotatable bonds is 11. The first kappa shape index (κ1) is 31.0. The van der Waals surface area contributed by atoms with E-state index in [0.717, 1.165) is 50.0 Å². The molecule has 2 atom stereocenters. The lowest BCUT2D eigenvalue weighted by atomic mass is 9.86. The lowest BCUT2D eigenvalue weighted by molar-refractivity contribution is -0.146. The van der Waals surface area contributed by atoms with Crippen LogP contribution in [0.25, 0.3) is 0 Å². The molecule has 3 aromatic rings. The van der Waals surface area contributed by atoms with Crippen molar-refractivity contribution < 1.29 is 24.2 Å². The summed E-state index contributed by atoms with van der Waals surface area (Å²) in [5, 5.41) is 12.5. The molecular formula is C33H42N6O5. The van der Waals surface area contributed by atoms with E-state index in [1.54, 1.807) is 32.4 Å². The Morgan fingerprint density at radius 2 is 1.89 bits per heavy atom. The molecule has 11 heteroatoms. The summed E-state index contributed by atoms with van der Waals surface area (Å²) in [5.41, 5.74) is 1.12. The van der Waals surface area contributed by atoms with Gasteiger partial charge in [0.1, 0.15) is 11.9 Å². The third kappa shape index (κ3) is 7.75. The SMILES string of the molecule is CCOc1cccnc1OC1CCCN(c2cncc(NC(=O)[C@@H]3CCCN(c4cccc(CC(C)(C)C(=O)O)c4)C3)n2)C1. The van der Waals surface area contributed by atoms with Crippen molar-refractivity contribution >= 4 is 29.2 Å². The summed E-state index contributed by atoms with van der Waals surface area (Å²) in [6.45, 7) is 8.78. The molecule has 2 fully saturated rings. The van der Waals surface area contributed by atoms with Gasteiger partial charge in [-0.2, -0.15) is 0 Å². The molecule has 1 aromatic carbocycles. The maximum absolute atomic E-state index is 13.4. The highest BCUT2D eigenvalue weighted by molar-refractivity contribution is 5.92. The molecule has 2 aliphatic rings. The van der Waals surface area contributed by atoms with E-state index in [1.165, 1.54) is 0 Å². The van der Waals surface area contributed by atoms with Gasteiger partial charge in [0.2, 0.25) is 5.91 Å². The van der Waals surface area contributed by atoms with E-state index in [2.05, 4.69) is 25.1 Å². The molecule has 2 N–H and O–H groups in total. The fraction of sp³-hybridized carbons (Fsp3) is 0.485. The van der Waals surface area contributed by atoms with Gasteiger partial charge in [-0.05, 0) is 82.7 Å². The number of aromatic nitrogens is 3. The van der Waals surface area contributed by atoms with Crippen molar-refractivity contribution in [1.82, 2.24) is 15.0 Å². The molecule has 2 saturated heterocycles. The topological polar surface area (TPSA) is 130 Å². The van der Waals surface area contributed by atoms with Crippen LogP contribution < -0.4 is 24.6 Å². The first-order valence-electron chi connectivity index (χ1n) is 15.4. The molecule has 1 amide bonds. The van der Waals surface area contributed by atoms with Gasteiger partial charge >= 0.3 is 5.97 Å². The van der Waals surface area contributed by atoms with Gasteiger partial charge in [0, 0.05) is 31.5 Å². The Balaban J connectivity index is 1.20. The number of amides is 1. The molecule has 1 unspecified atom stereocenters. The fourth-order valence-electron chi connectivity index (χ4n) is 5.80. The minimum atomic E-state index is -0.854. The van der Waals surface area contributed by atoms with Crippen molar-refractivity contribution in [2.45, 2.75) is 59.0 Å². The molecule has 11 nitrogen and oxygen atoms in total. The minimum Gasteiger partial charge on any atom is -0.488 e. The largest absolute Gasteiger partial charge is 0.488 e. The number of nitrogens with zero attached hydrogens (tertiary/aromatic N) is 5. The Labute approximate surface area is 258 Å². The van der Waals surface area contributed by atoms with E-state index in [-0.39, 0.29) is 17.9 Å². The molecule has 0 aliphatic carbocycles. The second-order valence-electron chi connectivity index (χ2n) is 12.1. The molecule has 0 radical (unpaired) electrons. The number of carbonyl (C=O) groups excluding carboxylic acids is 1. The number of benzene rings is 1. The Kier molecular flexibility index (Phi) is 9.82. The summed E-state index contributed by atoms with van der Waals surface area (Å²) in [6.07, 6.45) is 8.81. The van der Waals surface area contributed by atoms with Gasteiger partial charge in [-0.3, -0.25) is 14.6 Å². The van der Waals surface area contributed by atoms with Crippen LogP contribution in [0.1, 0.15) is 52.0 Å². The molecule has 2 aliphatic heterocycles. The van der Waals surface area contributed by atoms with E-state index in [9.17, 15) is 14.7 Å². The average Bonchev–Trinajstić information content (AvgIpc) is 3.02. The number of anilines is 3. The van der Waals surface area contributed by atoms with Crippen LogP contribution >= 0.6 is 0 Å². The lowest BCUT2D eigenvalue weighted by Crippen LogP contribution is -2.42. The van der Waals surface area contributed by atoms with Gasteiger partial charge in [-0.1, -0.05) is 12.1 Å². The smallest absolute Gasteiger partial charge is 0.309 e. The Morgan fingerprint density at radius 1 is 1.07 bits per heavy atom. The minimum absolute atomic E-state index is 0.0808. The van der Waals surface area contributed by atoms with Crippen LogP contribution in [0.3, 0.4) is 0 Å². The molecular weight excluding hydrogens is 560 g/mol. The van der Waals surface area contributed by atoms with Crippen LogP contribution in [0.15, 0.2) is 55.0 Å². The number of carboxylic acid groups (broad SMARTS) is 1. The number of hydrogen-bond donors (Lipinski definition) is 2. The predicted octanol–water partition coefficient (Wildman–Crippen LogP) is 4.83. The maximum Gasteiger partial charge on any atom is 0.309 e. The van der Waals surface area contributed by atoms with Crippen molar-refractivity contribution in [2.75, 3.05) is 47.9 Å². The molecule has 0 bridgehead atoms. The zero-order valence-corrected chi connectivity index (χ0v) is 25.7. The van der Waals surface area contributed by atoms with Gasteiger partial charge in [0.25, 0.3) is 5.88 Å². The van der Waals surface area contributed by atoms with Gasteiger partial charge < -0.3 is 29.7 Å². The number of carbonyl (C=O) groups is 2. The number of aliphatic carboxylic acids is 1. The highest BCUT2D eigenvalue weighted by Gasteiger charge is 2.30. The Bertz CT molecular complexity index is 1450. The summed E-state index contributed by atoms with van der Waals surface area (Å²) in [6, 6.07) is 11.7. The maximum atomic E-state index is 13.4. The van der Waals surface area contributed by atoms with E-state index in [4.69, 9.17) is 14.5 Å². The number of hydrogen-bond acceptors (Lipinski definition) is 9. The third-order valence-electron chi connectivity index (χ3n) is 8.18. The van der Waals surface area contributed by atoms with Crippen LogP contribution in [0, 0.1) is 11.3 Å². The zero-order chi connectivity index (χ0) is 31.1. The normalized spacial score (nSPS) is 18.9. The summed E-state index contributed by atoms with van der Waals surface area (Å²) < 4.78 is 11.9. The first-order chi connectivity index (χ1) is 21.2. The summed E-state index contributed by atoms with van der Waals surface area (Å²) in [7, 11) is 0. The first-order valence-corrected chi connectivity index (χ1v) is 15.4. The Hall–Kier alpha value is -4.41. The van der Waals surface area contributed by atoms with Crippen LogP contribution in [0.4, 0.5) is 17.3 Å². The summed E-state index contributed by atoms with van der Waals surface area (Å²) >= 11 is 0. The van der Waals surface area contributed by atoms with Crippen molar-refractivity contribution in [2.24, 2.45) is 11.3 Å². The molecule has 44 heavy (non-hydrogen) atoms. The molecule has 5 rings (SSSR count). The van der Waals surface area contributed by atoms with Gasteiger partial charge in [0.05, 0.1) is 36.9 Å². The number of nitrogens with one attached hydrogen (secondary N) is 1. The summed E-state index contributed by atoms with van der Waals surface area (Å²) in [4.78, 5) is 42.8. The predicted molar refractivity (Wildman–Crippen MR) is 168 cm³/mol. The lowest BCUT2D eigenvalue weighted by Gasteiger charge is -2.34. The number of carboxylic acids is 1. The second-order valence-corrected chi connectivity index (χ2v) is 12.1. The molecule has 2 aromatic heterocycles. The highest BCUT2D eigenvalue weighted by atomic mass is 16.5. The molecule has 0 spiro atoms. The van der Waals surface area contributed by atoms with Crippen molar-refractivity contribution in [3.8, 4) is 11.6 Å². The van der Waals surface area contributed by atoms with E-state index in [0.29, 0.717) is 49.4 Å². The molecule has 234 valence electrons. The number of pyridine rings is 1. The fourth-order valence-corrected chi connectivity index (χ4v) is 5.80. The van der Waals surface area contributed by atoms with Gasteiger partial charge in [-0.15, -0.1) is 0 Å². The van der Waals surface area contributed by atoms with Crippen molar-refractivity contribution in [3.63, 3.8) is 0 Å². The second kappa shape index (κ2) is 13.9. The zero-order valence-electron chi connectivity index (χ0n) is 25.7. The third-order valence-corrected chi connectivity index (χ3v) is 8.18. The average molecular weight is 603 g/mol. The standard InChI is InChI=1S/C33H42N6O5/c1-4-43-27-13-6-14-35-31(27)44-26-12-8-16-39(22-26)29-20-34-19-28(36-29)37-30(40)24-10-7-15-38(21-24)25-11-5-9-23(17-25)18-33(2,3)32(41)42/h5-6,9,11,13-14,17,19-20,24,26H,4,7-8,10,12,15-16,18,21-22H2,1-3H3,(H,41,42)(H,36,37,40)/t24-,26?/m1/s1. The number of ether oxygens (including phenoxy) is 2.